The Hall–Kier alpha value is -3.24. The molecule has 1 aliphatic carbocycles. The lowest BCUT2D eigenvalue weighted by Crippen LogP contribution is -2.56. The average molecular weight is 506 g/mol. The van der Waals surface area contributed by atoms with Gasteiger partial charge in [0.2, 0.25) is 17.7 Å². The normalized spacial score (nSPS) is 16.5. The number of imidazole rings is 1. The molecule has 1 saturated carbocycles. The van der Waals surface area contributed by atoms with Crippen LogP contribution < -0.4 is 16.0 Å². The lowest BCUT2D eigenvalue weighted by Gasteiger charge is -2.28. The van der Waals surface area contributed by atoms with Gasteiger partial charge in [0.1, 0.15) is 18.4 Å². The standard InChI is InChI=1S/C25H39N5O6/c1-16(2)10-22(32)29-21(12-19-14-26-15-27-19)25(36)30-20(8-9-31)24(35)28-18(13-23(33)34)11-17-6-4-3-5-7-17/h9,14-18,20-21H,3-8,10-13H2,1-2H3,(H,26,27)(H,28,35)(H,29,32)(H,30,36)(H,33,34). The number of hydrogen-bond donors (Lipinski definition) is 5. The zero-order valence-corrected chi connectivity index (χ0v) is 21.1. The Bertz CT molecular complexity index is 866. The van der Waals surface area contributed by atoms with Gasteiger partial charge in [-0.15, -0.1) is 0 Å². The van der Waals surface area contributed by atoms with E-state index < -0.39 is 35.9 Å². The molecule has 1 aromatic rings. The number of nitrogens with zero attached hydrogens (tertiary/aromatic N) is 1. The molecule has 1 aliphatic rings. The van der Waals surface area contributed by atoms with Crippen LogP contribution in [0.1, 0.15) is 77.3 Å². The Morgan fingerprint density at radius 1 is 1.06 bits per heavy atom. The van der Waals surface area contributed by atoms with Gasteiger partial charge in [0.25, 0.3) is 0 Å². The van der Waals surface area contributed by atoms with E-state index in [0.29, 0.717) is 24.3 Å². The largest absolute Gasteiger partial charge is 0.481 e. The smallest absolute Gasteiger partial charge is 0.305 e. The maximum absolute atomic E-state index is 13.1. The number of aromatic nitrogens is 2. The minimum absolute atomic E-state index is 0.0878. The highest BCUT2D eigenvalue weighted by Crippen LogP contribution is 2.28. The summed E-state index contributed by atoms with van der Waals surface area (Å²) in [4.78, 5) is 68.0. The van der Waals surface area contributed by atoms with Gasteiger partial charge in [0.05, 0.1) is 12.7 Å². The molecule has 3 unspecified atom stereocenters. The van der Waals surface area contributed by atoms with E-state index in [9.17, 15) is 29.1 Å². The summed E-state index contributed by atoms with van der Waals surface area (Å²) in [6.45, 7) is 3.77. The third-order valence-corrected chi connectivity index (χ3v) is 6.30. The number of carboxylic acids is 1. The Labute approximate surface area is 211 Å². The van der Waals surface area contributed by atoms with Crippen LogP contribution in [0.4, 0.5) is 0 Å². The van der Waals surface area contributed by atoms with Crippen LogP contribution in [0, 0.1) is 11.8 Å². The predicted octanol–water partition coefficient (Wildman–Crippen LogP) is 1.49. The van der Waals surface area contributed by atoms with E-state index in [1.165, 1.54) is 12.5 Å². The summed E-state index contributed by atoms with van der Waals surface area (Å²) in [6, 6.07) is -2.78. The number of rotatable bonds is 15. The third kappa shape index (κ3) is 10.6. The second-order valence-corrected chi connectivity index (χ2v) is 10.0. The van der Waals surface area contributed by atoms with Gasteiger partial charge in [-0.25, -0.2) is 4.98 Å². The zero-order valence-electron chi connectivity index (χ0n) is 21.1. The Morgan fingerprint density at radius 3 is 2.33 bits per heavy atom. The molecule has 0 spiro atoms. The van der Waals surface area contributed by atoms with Crippen LogP contribution in [0.5, 0.6) is 0 Å². The number of carbonyl (C=O) groups is 5. The number of nitrogens with one attached hydrogen (secondary N) is 4. The highest BCUT2D eigenvalue weighted by molar-refractivity contribution is 5.93. The molecule has 5 N–H and O–H groups in total. The molecule has 36 heavy (non-hydrogen) atoms. The van der Waals surface area contributed by atoms with Crippen molar-refractivity contribution in [1.82, 2.24) is 25.9 Å². The fourth-order valence-electron chi connectivity index (χ4n) is 4.58. The monoisotopic (exact) mass is 505 g/mol. The lowest BCUT2D eigenvalue weighted by molar-refractivity contribution is -0.138. The first-order chi connectivity index (χ1) is 17.2. The van der Waals surface area contributed by atoms with Gasteiger partial charge in [0.15, 0.2) is 0 Å². The van der Waals surface area contributed by atoms with Crippen molar-refractivity contribution in [1.29, 1.82) is 0 Å². The number of aromatic amines is 1. The second kappa shape index (κ2) is 15.0. The number of carboxylic acid groups (broad SMARTS) is 1. The molecule has 0 aliphatic heterocycles. The molecule has 0 aromatic carbocycles. The number of H-pyrrole nitrogens is 1. The zero-order chi connectivity index (χ0) is 26.5. The van der Waals surface area contributed by atoms with Crippen molar-refractivity contribution in [3.63, 3.8) is 0 Å². The molecule has 11 heteroatoms. The van der Waals surface area contributed by atoms with E-state index in [2.05, 4.69) is 25.9 Å². The van der Waals surface area contributed by atoms with Crippen molar-refractivity contribution < 1.29 is 29.1 Å². The minimum Gasteiger partial charge on any atom is -0.481 e. The number of hydrogen-bond acceptors (Lipinski definition) is 6. The lowest BCUT2D eigenvalue weighted by atomic mass is 9.84. The van der Waals surface area contributed by atoms with Gasteiger partial charge < -0.3 is 30.8 Å². The molecule has 3 atom stereocenters. The summed E-state index contributed by atoms with van der Waals surface area (Å²) in [7, 11) is 0. The minimum atomic E-state index is -1.19. The Kier molecular flexibility index (Phi) is 12.1. The first-order valence-corrected chi connectivity index (χ1v) is 12.7. The number of aldehydes is 1. The highest BCUT2D eigenvalue weighted by Gasteiger charge is 2.30. The van der Waals surface area contributed by atoms with Gasteiger partial charge in [-0.1, -0.05) is 46.0 Å². The van der Waals surface area contributed by atoms with Gasteiger partial charge in [0, 0.05) is 37.2 Å². The fourth-order valence-corrected chi connectivity index (χ4v) is 4.58. The summed E-state index contributed by atoms with van der Waals surface area (Å²) in [5.41, 5.74) is 0.616. The second-order valence-electron chi connectivity index (χ2n) is 10.0. The van der Waals surface area contributed by atoms with E-state index >= 15 is 0 Å². The molecule has 1 fully saturated rings. The summed E-state index contributed by atoms with van der Waals surface area (Å²) in [5.74, 6) is -2.16. The molecule has 3 amide bonds. The van der Waals surface area contributed by atoms with Crippen LogP contribution in [0.2, 0.25) is 0 Å². The molecule has 200 valence electrons. The highest BCUT2D eigenvalue weighted by atomic mass is 16.4. The maximum atomic E-state index is 13.1. The van der Waals surface area contributed by atoms with E-state index in [1.54, 1.807) is 0 Å². The Morgan fingerprint density at radius 2 is 1.75 bits per heavy atom. The SMILES string of the molecule is CC(C)CC(=O)NC(Cc1cnc[nH]1)C(=O)NC(CC=O)C(=O)NC(CC(=O)O)CC1CCCCC1. The molecule has 2 rings (SSSR count). The van der Waals surface area contributed by atoms with Gasteiger partial charge in [-0.05, 0) is 18.3 Å². The molecule has 11 nitrogen and oxygen atoms in total. The van der Waals surface area contributed by atoms with Crippen LogP contribution >= 0.6 is 0 Å². The molecule has 0 bridgehead atoms. The van der Waals surface area contributed by atoms with E-state index in [0.717, 1.165) is 32.1 Å². The van der Waals surface area contributed by atoms with E-state index in [1.807, 2.05) is 13.8 Å². The van der Waals surface area contributed by atoms with Crippen molar-refractivity contribution in [2.45, 2.75) is 96.2 Å². The first kappa shape index (κ1) is 29.0. The molecule has 0 saturated heterocycles. The summed E-state index contributed by atoms with van der Waals surface area (Å²) >= 11 is 0. The number of carbonyl (C=O) groups excluding carboxylic acids is 4. The third-order valence-electron chi connectivity index (χ3n) is 6.30. The van der Waals surface area contributed by atoms with Gasteiger partial charge in [-0.3, -0.25) is 19.2 Å². The van der Waals surface area contributed by atoms with Crippen molar-refractivity contribution in [3.8, 4) is 0 Å². The van der Waals surface area contributed by atoms with E-state index in [-0.39, 0.29) is 37.5 Å². The molecular weight excluding hydrogens is 466 g/mol. The van der Waals surface area contributed by atoms with Crippen molar-refractivity contribution >= 4 is 30.0 Å². The summed E-state index contributed by atoms with van der Waals surface area (Å²) in [6.07, 6.45) is 9.19. The molecule has 0 radical (unpaired) electrons. The molecule has 1 aromatic heterocycles. The predicted molar refractivity (Wildman–Crippen MR) is 132 cm³/mol. The average Bonchev–Trinajstić information content (AvgIpc) is 3.31. The van der Waals surface area contributed by atoms with Crippen LogP contribution in [-0.4, -0.2) is 63.2 Å². The topological polar surface area (TPSA) is 170 Å². The number of aliphatic carboxylic acids is 1. The number of amides is 3. The fraction of sp³-hybridized carbons (Fsp3) is 0.680. The van der Waals surface area contributed by atoms with Crippen molar-refractivity contribution in [2.24, 2.45) is 11.8 Å². The van der Waals surface area contributed by atoms with Crippen LogP contribution in [0.25, 0.3) is 0 Å². The van der Waals surface area contributed by atoms with Crippen LogP contribution in [-0.2, 0) is 30.4 Å². The summed E-state index contributed by atoms with van der Waals surface area (Å²) < 4.78 is 0. The van der Waals surface area contributed by atoms with E-state index in [4.69, 9.17) is 0 Å². The van der Waals surface area contributed by atoms with Crippen molar-refractivity contribution in [2.75, 3.05) is 0 Å². The maximum Gasteiger partial charge on any atom is 0.305 e. The molecule has 1 heterocycles. The van der Waals surface area contributed by atoms with Crippen LogP contribution in [0.15, 0.2) is 12.5 Å². The van der Waals surface area contributed by atoms with Crippen LogP contribution in [0.3, 0.4) is 0 Å². The summed E-state index contributed by atoms with van der Waals surface area (Å²) in [5, 5.41) is 17.3. The molecular formula is C25H39N5O6. The first-order valence-electron chi connectivity index (χ1n) is 12.7. The van der Waals surface area contributed by atoms with Gasteiger partial charge >= 0.3 is 5.97 Å². The quantitative estimate of drug-likeness (QED) is 0.225. The van der Waals surface area contributed by atoms with Gasteiger partial charge in [-0.2, -0.15) is 0 Å². The van der Waals surface area contributed by atoms with Crippen molar-refractivity contribution in [3.05, 3.63) is 18.2 Å². The Balaban J connectivity index is 2.08.